The Morgan fingerprint density at radius 2 is 2.21 bits per heavy atom. The second-order valence-electron chi connectivity index (χ2n) is 3.00. The molecule has 14 heavy (non-hydrogen) atoms. The van der Waals surface area contributed by atoms with E-state index in [1.54, 1.807) is 0 Å². The van der Waals surface area contributed by atoms with Gasteiger partial charge in [-0.1, -0.05) is 13.8 Å². The molecule has 0 aliphatic rings. The van der Waals surface area contributed by atoms with Gasteiger partial charge in [0.05, 0.1) is 5.69 Å². The van der Waals surface area contributed by atoms with Crippen LogP contribution in [0.1, 0.15) is 29.4 Å². The summed E-state index contributed by atoms with van der Waals surface area (Å²) in [5.41, 5.74) is 1.27. The molecule has 0 spiro atoms. The van der Waals surface area contributed by atoms with Gasteiger partial charge in [-0.2, -0.15) is 11.8 Å². The fourth-order valence-corrected chi connectivity index (χ4v) is 3.16. The van der Waals surface area contributed by atoms with Gasteiger partial charge in [0.25, 0.3) is 0 Å². The second kappa shape index (κ2) is 6.43. The van der Waals surface area contributed by atoms with Gasteiger partial charge in [-0.25, -0.2) is 4.98 Å². The molecular weight excluding hydrogens is 212 g/mol. The maximum Gasteiger partial charge on any atom is 0.103 e. The van der Waals surface area contributed by atoms with Crippen LogP contribution in [-0.4, -0.2) is 17.8 Å². The average molecular weight is 230 g/mol. The molecule has 0 aliphatic heterocycles. The van der Waals surface area contributed by atoms with Crippen molar-refractivity contribution in [3.8, 4) is 0 Å². The summed E-state index contributed by atoms with van der Waals surface area (Å²) >= 11 is 3.79. The summed E-state index contributed by atoms with van der Waals surface area (Å²) in [6.07, 6.45) is 1.05. The van der Waals surface area contributed by atoms with Crippen LogP contribution in [0.4, 0.5) is 0 Å². The Bertz CT molecular complexity index is 271. The van der Waals surface area contributed by atoms with E-state index in [0.29, 0.717) is 0 Å². The molecule has 1 N–H and O–H groups in total. The smallest absolute Gasteiger partial charge is 0.103 e. The van der Waals surface area contributed by atoms with Gasteiger partial charge < -0.3 is 5.32 Å². The zero-order chi connectivity index (χ0) is 10.4. The van der Waals surface area contributed by atoms with Crippen LogP contribution in [0.2, 0.25) is 0 Å². The maximum atomic E-state index is 4.64. The van der Waals surface area contributed by atoms with Gasteiger partial charge in [0, 0.05) is 17.2 Å². The molecule has 0 bridgehead atoms. The molecule has 0 aromatic carbocycles. The molecular formula is C10H18N2S2. The van der Waals surface area contributed by atoms with Crippen molar-refractivity contribution >= 4 is 23.1 Å². The number of nitrogens with zero attached hydrogens (tertiary/aromatic N) is 1. The van der Waals surface area contributed by atoms with E-state index in [-0.39, 0.29) is 0 Å². The summed E-state index contributed by atoms with van der Waals surface area (Å²) in [6, 6.07) is 0. The number of thiazole rings is 1. The molecule has 1 aromatic rings. The first-order valence-electron chi connectivity index (χ1n) is 5.01. The fraction of sp³-hybridized carbons (Fsp3) is 0.700. The van der Waals surface area contributed by atoms with Crippen molar-refractivity contribution in [1.82, 2.24) is 10.3 Å². The van der Waals surface area contributed by atoms with E-state index < -0.39 is 0 Å². The van der Waals surface area contributed by atoms with Crippen LogP contribution in [0.3, 0.4) is 0 Å². The number of thioether (sulfide) groups is 1. The highest BCUT2D eigenvalue weighted by Gasteiger charge is 2.08. The van der Waals surface area contributed by atoms with Crippen LogP contribution in [0.5, 0.6) is 0 Å². The Morgan fingerprint density at radius 1 is 1.43 bits per heavy atom. The standard InChI is InChI=1S/C10H18N2S2/c1-4-8-9(6-11-3)14-10(12-8)7-13-5-2/h11H,4-7H2,1-3H3. The maximum absolute atomic E-state index is 4.64. The molecule has 0 amide bonds. The van der Waals surface area contributed by atoms with E-state index in [4.69, 9.17) is 0 Å². The van der Waals surface area contributed by atoms with Gasteiger partial charge in [0.2, 0.25) is 0 Å². The molecule has 2 nitrogen and oxygen atoms in total. The Kier molecular flexibility index (Phi) is 5.52. The monoisotopic (exact) mass is 230 g/mol. The van der Waals surface area contributed by atoms with Crippen molar-refractivity contribution < 1.29 is 0 Å². The molecule has 1 heterocycles. The first-order valence-corrected chi connectivity index (χ1v) is 6.98. The zero-order valence-electron chi connectivity index (χ0n) is 9.09. The van der Waals surface area contributed by atoms with E-state index in [1.165, 1.54) is 21.3 Å². The van der Waals surface area contributed by atoms with Crippen molar-refractivity contribution in [3.05, 3.63) is 15.6 Å². The molecule has 1 rings (SSSR count). The van der Waals surface area contributed by atoms with E-state index in [2.05, 4.69) is 24.1 Å². The first kappa shape index (κ1) is 12.0. The van der Waals surface area contributed by atoms with Gasteiger partial charge in [0.1, 0.15) is 5.01 Å². The Morgan fingerprint density at radius 3 is 2.79 bits per heavy atom. The lowest BCUT2D eigenvalue weighted by Crippen LogP contribution is -2.05. The summed E-state index contributed by atoms with van der Waals surface area (Å²) in [6.45, 7) is 5.32. The third-order valence-corrected chi connectivity index (χ3v) is 4.09. The highest BCUT2D eigenvalue weighted by Crippen LogP contribution is 2.22. The van der Waals surface area contributed by atoms with E-state index >= 15 is 0 Å². The molecule has 0 atom stereocenters. The molecule has 0 aliphatic carbocycles. The number of nitrogens with one attached hydrogen (secondary N) is 1. The van der Waals surface area contributed by atoms with Gasteiger partial charge in [0.15, 0.2) is 0 Å². The molecule has 0 saturated heterocycles. The minimum atomic E-state index is 0.956. The highest BCUT2D eigenvalue weighted by atomic mass is 32.2. The lowest BCUT2D eigenvalue weighted by Gasteiger charge is -1.96. The third-order valence-electron chi connectivity index (χ3n) is 1.92. The number of aryl methyl sites for hydroxylation is 1. The van der Waals surface area contributed by atoms with Crippen LogP contribution in [-0.2, 0) is 18.7 Å². The minimum Gasteiger partial charge on any atom is -0.315 e. The predicted octanol–water partition coefficient (Wildman–Crippen LogP) is 2.68. The summed E-state index contributed by atoms with van der Waals surface area (Å²) in [5.74, 6) is 2.24. The average Bonchev–Trinajstić information content (AvgIpc) is 2.58. The van der Waals surface area contributed by atoms with Gasteiger partial charge in [-0.3, -0.25) is 0 Å². The Hall–Kier alpha value is -0.0600. The molecule has 0 fully saturated rings. The van der Waals surface area contributed by atoms with Crippen LogP contribution < -0.4 is 5.32 Å². The molecule has 1 aromatic heterocycles. The molecule has 0 radical (unpaired) electrons. The first-order chi connectivity index (χ1) is 6.81. The highest BCUT2D eigenvalue weighted by molar-refractivity contribution is 7.98. The van der Waals surface area contributed by atoms with E-state index in [0.717, 1.165) is 18.7 Å². The predicted molar refractivity (Wildman–Crippen MR) is 66.1 cm³/mol. The van der Waals surface area contributed by atoms with Crippen LogP contribution in [0, 0.1) is 0 Å². The lowest BCUT2D eigenvalue weighted by molar-refractivity contribution is 0.814. The van der Waals surface area contributed by atoms with Gasteiger partial charge in [-0.05, 0) is 19.2 Å². The molecule has 0 unspecified atom stereocenters. The zero-order valence-corrected chi connectivity index (χ0v) is 10.7. The molecule has 4 heteroatoms. The quantitative estimate of drug-likeness (QED) is 0.813. The number of aromatic nitrogens is 1. The number of rotatable bonds is 6. The fourth-order valence-electron chi connectivity index (χ4n) is 1.26. The van der Waals surface area contributed by atoms with E-state index in [9.17, 15) is 0 Å². The summed E-state index contributed by atoms with van der Waals surface area (Å²) in [4.78, 5) is 6.05. The van der Waals surface area contributed by atoms with Crippen LogP contribution in [0.25, 0.3) is 0 Å². The summed E-state index contributed by atoms with van der Waals surface area (Å²) in [5, 5.41) is 4.47. The van der Waals surface area contributed by atoms with Crippen molar-refractivity contribution in [2.45, 2.75) is 32.6 Å². The second-order valence-corrected chi connectivity index (χ2v) is 5.44. The van der Waals surface area contributed by atoms with Gasteiger partial charge in [-0.15, -0.1) is 11.3 Å². The molecule has 0 saturated carbocycles. The Balaban J connectivity index is 2.67. The van der Waals surface area contributed by atoms with Crippen molar-refractivity contribution in [2.75, 3.05) is 12.8 Å². The summed E-state index contributed by atoms with van der Waals surface area (Å²) < 4.78 is 0. The molecule has 80 valence electrons. The van der Waals surface area contributed by atoms with Gasteiger partial charge >= 0.3 is 0 Å². The third kappa shape index (κ3) is 3.26. The van der Waals surface area contributed by atoms with Crippen LogP contribution >= 0.6 is 23.1 Å². The number of hydrogen-bond acceptors (Lipinski definition) is 4. The Labute approximate surface area is 94.5 Å². The SMILES string of the molecule is CCSCc1nc(CC)c(CNC)s1. The van der Waals surface area contributed by atoms with E-state index in [1.807, 2.05) is 30.1 Å². The van der Waals surface area contributed by atoms with Crippen molar-refractivity contribution in [1.29, 1.82) is 0 Å². The van der Waals surface area contributed by atoms with Crippen molar-refractivity contribution in [2.24, 2.45) is 0 Å². The minimum absolute atomic E-state index is 0.956. The topological polar surface area (TPSA) is 24.9 Å². The van der Waals surface area contributed by atoms with Crippen LogP contribution in [0.15, 0.2) is 0 Å². The number of hydrogen-bond donors (Lipinski definition) is 1. The normalized spacial score (nSPS) is 10.8. The van der Waals surface area contributed by atoms with Crippen molar-refractivity contribution in [3.63, 3.8) is 0 Å². The lowest BCUT2D eigenvalue weighted by atomic mass is 10.3. The largest absolute Gasteiger partial charge is 0.315 e. The summed E-state index contributed by atoms with van der Waals surface area (Å²) in [7, 11) is 1.99.